The number of thiophene rings is 1. The number of carbonyl (C=O) groups is 2. The van der Waals surface area contributed by atoms with Gasteiger partial charge in [0.25, 0.3) is 0 Å². The lowest BCUT2D eigenvalue weighted by Crippen LogP contribution is -2.46. The molecule has 1 atom stereocenters. The molecule has 98 valence electrons. The summed E-state index contributed by atoms with van der Waals surface area (Å²) in [6, 6.07) is 3.73. The zero-order chi connectivity index (χ0) is 13.0. The van der Waals surface area contributed by atoms with Gasteiger partial charge in [-0.2, -0.15) is 0 Å². The minimum Gasteiger partial charge on any atom is -0.481 e. The maximum atomic E-state index is 11.9. The van der Waals surface area contributed by atoms with Crippen LogP contribution in [-0.4, -0.2) is 35.1 Å². The van der Waals surface area contributed by atoms with Gasteiger partial charge in [-0.3, -0.25) is 4.79 Å². The molecular weight excluding hydrogens is 252 g/mol. The molecule has 1 aromatic heterocycles. The first-order valence-electron chi connectivity index (χ1n) is 5.95. The Labute approximate surface area is 109 Å². The van der Waals surface area contributed by atoms with Gasteiger partial charge in [-0.25, -0.2) is 4.79 Å². The van der Waals surface area contributed by atoms with Crippen molar-refractivity contribution in [2.75, 3.05) is 13.1 Å². The van der Waals surface area contributed by atoms with Gasteiger partial charge < -0.3 is 15.3 Å². The lowest BCUT2D eigenvalue weighted by atomic mass is 9.99. The number of rotatable bonds is 3. The molecule has 0 aromatic carbocycles. The van der Waals surface area contributed by atoms with Gasteiger partial charge in [0.05, 0.1) is 12.5 Å². The van der Waals surface area contributed by atoms with Gasteiger partial charge in [-0.05, 0) is 24.3 Å². The van der Waals surface area contributed by atoms with Crippen LogP contribution in [0.15, 0.2) is 17.5 Å². The van der Waals surface area contributed by atoms with Crippen LogP contribution in [0.1, 0.15) is 17.7 Å². The van der Waals surface area contributed by atoms with Gasteiger partial charge in [0, 0.05) is 18.0 Å². The van der Waals surface area contributed by atoms with E-state index in [2.05, 4.69) is 5.32 Å². The Balaban J connectivity index is 1.83. The van der Waals surface area contributed by atoms with E-state index >= 15 is 0 Å². The number of urea groups is 1. The SMILES string of the molecule is O=C(O)C1CCCN(C(=O)NCc2cccs2)C1. The molecule has 0 saturated carbocycles. The quantitative estimate of drug-likeness (QED) is 0.877. The zero-order valence-corrected chi connectivity index (χ0v) is 10.8. The van der Waals surface area contributed by atoms with E-state index in [0.29, 0.717) is 26.1 Å². The Morgan fingerprint density at radius 2 is 2.39 bits per heavy atom. The number of likely N-dealkylation sites (tertiary alicyclic amines) is 1. The highest BCUT2D eigenvalue weighted by Gasteiger charge is 2.27. The van der Waals surface area contributed by atoms with E-state index in [9.17, 15) is 9.59 Å². The molecule has 6 heteroatoms. The van der Waals surface area contributed by atoms with Gasteiger partial charge >= 0.3 is 12.0 Å². The highest BCUT2D eigenvalue weighted by Crippen LogP contribution is 2.16. The van der Waals surface area contributed by atoms with Crippen molar-refractivity contribution in [2.45, 2.75) is 19.4 Å². The molecule has 2 heterocycles. The fourth-order valence-electron chi connectivity index (χ4n) is 2.05. The van der Waals surface area contributed by atoms with Crippen molar-refractivity contribution in [2.24, 2.45) is 5.92 Å². The van der Waals surface area contributed by atoms with Crippen LogP contribution in [0.4, 0.5) is 4.79 Å². The van der Waals surface area contributed by atoms with E-state index in [1.807, 2.05) is 17.5 Å². The normalized spacial score (nSPS) is 19.6. The molecule has 2 rings (SSSR count). The largest absolute Gasteiger partial charge is 0.481 e. The molecule has 18 heavy (non-hydrogen) atoms. The second-order valence-electron chi connectivity index (χ2n) is 4.36. The maximum Gasteiger partial charge on any atom is 0.317 e. The average Bonchev–Trinajstić information content (AvgIpc) is 2.89. The first-order chi connectivity index (χ1) is 8.66. The first-order valence-corrected chi connectivity index (χ1v) is 6.83. The lowest BCUT2D eigenvalue weighted by Gasteiger charge is -2.30. The summed E-state index contributed by atoms with van der Waals surface area (Å²) >= 11 is 1.59. The monoisotopic (exact) mass is 268 g/mol. The highest BCUT2D eigenvalue weighted by molar-refractivity contribution is 7.09. The molecule has 1 fully saturated rings. The molecule has 2 N–H and O–H groups in total. The summed E-state index contributed by atoms with van der Waals surface area (Å²) in [5.74, 6) is -1.24. The number of hydrogen-bond donors (Lipinski definition) is 2. The number of hydrogen-bond acceptors (Lipinski definition) is 3. The number of piperidine rings is 1. The number of nitrogens with zero attached hydrogens (tertiary/aromatic N) is 1. The third-order valence-electron chi connectivity index (χ3n) is 3.05. The van der Waals surface area contributed by atoms with E-state index in [1.54, 1.807) is 16.2 Å². The van der Waals surface area contributed by atoms with Crippen LogP contribution in [0.5, 0.6) is 0 Å². The average molecular weight is 268 g/mol. The Bertz CT molecular complexity index is 419. The van der Waals surface area contributed by atoms with Crippen molar-refractivity contribution >= 4 is 23.3 Å². The summed E-state index contributed by atoms with van der Waals surface area (Å²) in [6.07, 6.45) is 1.41. The summed E-state index contributed by atoms with van der Waals surface area (Å²) < 4.78 is 0. The number of carboxylic acid groups (broad SMARTS) is 1. The van der Waals surface area contributed by atoms with Crippen LogP contribution in [0.2, 0.25) is 0 Å². The number of carbonyl (C=O) groups excluding carboxylic acids is 1. The van der Waals surface area contributed by atoms with Crippen LogP contribution in [-0.2, 0) is 11.3 Å². The number of carboxylic acids is 1. The van der Waals surface area contributed by atoms with Crippen LogP contribution < -0.4 is 5.32 Å². The fourth-order valence-corrected chi connectivity index (χ4v) is 2.70. The summed E-state index contributed by atoms with van der Waals surface area (Å²) in [5.41, 5.74) is 0. The number of nitrogens with one attached hydrogen (secondary N) is 1. The van der Waals surface area contributed by atoms with E-state index < -0.39 is 11.9 Å². The summed E-state index contributed by atoms with van der Waals surface area (Å²) in [4.78, 5) is 25.5. The molecule has 1 aliphatic rings. The maximum absolute atomic E-state index is 11.9. The van der Waals surface area contributed by atoms with Crippen LogP contribution >= 0.6 is 11.3 Å². The van der Waals surface area contributed by atoms with Crippen molar-refractivity contribution in [3.63, 3.8) is 0 Å². The van der Waals surface area contributed by atoms with Crippen LogP contribution in [0.3, 0.4) is 0 Å². The number of aliphatic carboxylic acids is 1. The zero-order valence-electron chi connectivity index (χ0n) is 9.96. The van der Waals surface area contributed by atoms with Crippen LogP contribution in [0.25, 0.3) is 0 Å². The standard InChI is InChI=1S/C12H16N2O3S/c15-11(16)9-3-1-5-14(8-9)12(17)13-7-10-4-2-6-18-10/h2,4,6,9H,1,3,5,7-8H2,(H,13,17)(H,15,16). The second kappa shape index (κ2) is 5.86. The minimum atomic E-state index is -0.814. The molecule has 5 nitrogen and oxygen atoms in total. The van der Waals surface area contributed by atoms with Gasteiger partial charge in [0.15, 0.2) is 0 Å². The third kappa shape index (κ3) is 3.22. The Kier molecular flexibility index (Phi) is 4.19. The van der Waals surface area contributed by atoms with Gasteiger partial charge in [-0.15, -0.1) is 11.3 Å². The third-order valence-corrected chi connectivity index (χ3v) is 3.93. The predicted octanol–water partition coefficient (Wildman–Crippen LogP) is 1.75. The molecule has 1 unspecified atom stereocenters. The van der Waals surface area contributed by atoms with Crippen LogP contribution in [0, 0.1) is 5.92 Å². The van der Waals surface area contributed by atoms with Crippen molar-refractivity contribution in [3.8, 4) is 0 Å². The smallest absolute Gasteiger partial charge is 0.317 e. The second-order valence-corrected chi connectivity index (χ2v) is 5.39. The topological polar surface area (TPSA) is 69.6 Å². The molecule has 1 aromatic rings. The molecule has 2 amide bonds. The van der Waals surface area contributed by atoms with Crippen molar-refractivity contribution in [1.82, 2.24) is 10.2 Å². The highest BCUT2D eigenvalue weighted by atomic mass is 32.1. The Morgan fingerprint density at radius 3 is 3.06 bits per heavy atom. The Hall–Kier alpha value is -1.56. The number of amides is 2. The van der Waals surface area contributed by atoms with E-state index in [-0.39, 0.29) is 6.03 Å². The van der Waals surface area contributed by atoms with Crippen molar-refractivity contribution in [3.05, 3.63) is 22.4 Å². The summed E-state index contributed by atoms with van der Waals surface area (Å²) in [7, 11) is 0. The predicted molar refractivity (Wildman–Crippen MR) is 68.5 cm³/mol. The molecule has 0 spiro atoms. The molecule has 1 saturated heterocycles. The van der Waals surface area contributed by atoms with E-state index in [0.717, 1.165) is 11.3 Å². The van der Waals surface area contributed by atoms with Gasteiger partial charge in [0.1, 0.15) is 0 Å². The fraction of sp³-hybridized carbons (Fsp3) is 0.500. The Morgan fingerprint density at radius 1 is 1.56 bits per heavy atom. The molecule has 0 bridgehead atoms. The lowest BCUT2D eigenvalue weighted by molar-refractivity contribution is -0.143. The van der Waals surface area contributed by atoms with Crippen molar-refractivity contribution < 1.29 is 14.7 Å². The van der Waals surface area contributed by atoms with Gasteiger partial charge in [0.2, 0.25) is 0 Å². The summed E-state index contributed by atoms with van der Waals surface area (Å²) in [5, 5.41) is 13.7. The first kappa shape index (κ1) is 12.9. The van der Waals surface area contributed by atoms with Crippen molar-refractivity contribution in [1.29, 1.82) is 0 Å². The molecular formula is C12H16N2O3S. The van der Waals surface area contributed by atoms with E-state index in [1.165, 1.54) is 0 Å². The molecule has 1 aliphatic heterocycles. The minimum absolute atomic E-state index is 0.172. The van der Waals surface area contributed by atoms with Gasteiger partial charge in [-0.1, -0.05) is 6.07 Å². The van der Waals surface area contributed by atoms with E-state index in [4.69, 9.17) is 5.11 Å². The molecule has 0 aliphatic carbocycles. The summed E-state index contributed by atoms with van der Waals surface area (Å²) in [6.45, 7) is 1.45. The molecule has 0 radical (unpaired) electrons.